The number of rotatable bonds is 5. The Morgan fingerprint density at radius 3 is 2.55 bits per heavy atom. The maximum Gasteiger partial charge on any atom is 0.341 e. The topological polar surface area (TPSA) is 104 Å². The first kappa shape index (κ1) is 18.5. The number of ether oxygens (including phenoxy) is 3. The normalized spacial score (nSPS) is 12.0. The molecular weight excluding hydrogens is 374 g/mol. The second-order valence-corrected chi connectivity index (χ2v) is 6.39. The summed E-state index contributed by atoms with van der Waals surface area (Å²) in [5, 5.41) is 0.658. The number of hydrogen-bond donors (Lipinski definition) is 1. The molecule has 1 aromatic heterocycles. The Morgan fingerprint density at radius 2 is 1.86 bits per heavy atom. The fourth-order valence-corrected chi connectivity index (χ4v) is 3.14. The van der Waals surface area contributed by atoms with E-state index in [0.29, 0.717) is 22.4 Å². The number of carbonyl (C=O) groups excluding carboxylic acids is 2. The van der Waals surface area contributed by atoms with Gasteiger partial charge in [0.15, 0.2) is 17.3 Å². The van der Waals surface area contributed by atoms with Gasteiger partial charge in [-0.3, -0.25) is 4.90 Å². The fourth-order valence-electron chi connectivity index (χ4n) is 3.14. The average Bonchev–Trinajstić information content (AvgIpc) is 3.17. The van der Waals surface area contributed by atoms with E-state index in [9.17, 15) is 9.59 Å². The van der Waals surface area contributed by atoms with Gasteiger partial charge < -0.3 is 19.9 Å². The molecule has 8 heteroatoms. The molecule has 1 aliphatic heterocycles. The van der Waals surface area contributed by atoms with Gasteiger partial charge in [-0.15, -0.1) is 0 Å². The third-order valence-electron chi connectivity index (χ3n) is 4.49. The van der Waals surface area contributed by atoms with Crippen LogP contribution in [0.5, 0.6) is 11.5 Å². The zero-order valence-corrected chi connectivity index (χ0v) is 15.8. The molecule has 3 aromatic rings. The second-order valence-electron chi connectivity index (χ2n) is 6.39. The van der Waals surface area contributed by atoms with Gasteiger partial charge in [-0.1, -0.05) is 30.3 Å². The van der Waals surface area contributed by atoms with Crippen molar-refractivity contribution in [2.75, 3.05) is 18.3 Å². The minimum atomic E-state index is -0.730. The highest BCUT2D eigenvalue weighted by atomic mass is 16.7. The van der Waals surface area contributed by atoms with Crippen LogP contribution in [0.3, 0.4) is 0 Å². The molecule has 2 amide bonds. The highest BCUT2D eigenvalue weighted by molar-refractivity contribution is 6.04. The van der Waals surface area contributed by atoms with Crippen LogP contribution in [0.15, 0.2) is 48.5 Å². The SMILES string of the molecule is CCOC(=O)c1cc2cc3c(cc2nc1N(Cc1ccccc1)C(N)=O)OCO3. The van der Waals surface area contributed by atoms with Gasteiger partial charge in [-0.2, -0.15) is 0 Å². The first-order valence-electron chi connectivity index (χ1n) is 9.09. The monoisotopic (exact) mass is 393 g/mol. The first-order chi connectivity index (χ1) is 14.1. The van der Waals surface area contributed by atoms with Crippen LogP contribution in [0.1, 0.15) is 22.8 Å². The lowest BCUT2D eigenvalue weighted by Crippen LogP contribution is -2.37. The van der Waals surface area contributed by atoms with Crippen LogP contribution in [-0.4, -0.2) is 30.4 Å². The van der Waals surface area contributed by atoms with Gasteiger partial charge in [0.1, 0.15) is 5.56 Å². The van der Waals surface area contributed by atoms with Crippen LogP contribution in [0.2, 0.25) is 0 Å². The molecule has 2 heterocycles. The van der Waals surface area contributed by atoms with Gasteiger partial charge >= 0.3 is 12.0 Å². The summed E-state index contributed by atoms with van der Waals surface area (Å²) in [6.45, 7) is 2.17. The molecule has 0 fully saturated rings. The van der Waals surface area contributed by atoms with Crippen LogP contribution in [0.4, 0.5) is 10.6 Å². The number of amides is 2. The van der Waals surface area contributed by atoms with Crippen molar-refractivity contribution < 1.29 is 23.8 Å². The molecule has 8 nitrogen and oxygen atoms in total. The molecule has 29 heavy (non-hydrogen) atoms. The van der Waals surface area contributed by atoms with Crippen molar-refractivity contribution in [3.63, 3.8) is 0 Å². The fraction of sp³-hybridized carbons (Fsp3) is 0.190. The lowest BCUT2D eigenvalue weighted by Gasteiger charge is -2.22. The van der Waals surface area contributed by atoms with E-state index in [4.69, 9.17) is 19.9 Å². The molecule has 2 N–H and O–H groups in total. The molecule has 0 saturated heterocycles. The number of fused-ring (bicyclic) bond motifs is 2. The van der Waals surface area contributed by atoms with E-state index in [-0.39, 0.29) is 31.3 Å². The summed E-state index contributed by atoms with van der Waals surface area (Å²) < 4.78 is 16.0. The smallest absolute Gasteiger partial charge is 0.341 e. The molecule has 2 aromatic carbocycles. The summed E-state index contributed by atoms with van der Waals surface area (Å²) in [5.74, 6) is 0.659. The van der Waals surface area contributed by atoms with Gasteiger partial charge in [0.25, 0.3) is 0 Å². The number of nitrogens with zero attached hydrogens (tertiary/aromatic N) is 2. The third kappa shape index (κ3) is 3.64. The molecule has 1 aliphatic rings. The third-order valence-corrected chi connectivity index (χ3v) is 4.49. The summed E-state index contributed by atoms with van der Waals surface area (Å²) in [6.07, 6.45) is 0. The van der Waals surface area contributed by atoms with E-state index < -0.39 is 12.0 Å². The number of primary amides is 1. The van der Waals surface area contributed by atoms with E-state index in [1.54, 1.807) is 25.1 Å². The Labute approximate surface area is 166 Å². The van der Waals surface area contributed by atoms with Crippen molar-refractivity contribution in [2.24, 2.45) is 5.73 Å². The number of esters is 1. The number of urea groups is 1. The summed E-state index contributed by atoms with van der Waals surface area (Å²) in [6, 6.07) is 13.6. The largest absolute Gasteiger partial charge is 0.462 e. The number of anilines is 1. The van der Waals surface area contributed by atoms with Gasteiger partial charge in [0.05, 0.1) is 18.7 Å². The van der Waals surface area contributed by atoms with Crippen LogP contribution >= 0.6 is 0 Å². The molecule has 0 unspecified atom stereocenters. The summed E-state index contributed by atoms with van der Waals surface area (Å²) in [7, 11) is 0. The predicted molar refractivity (Wildman–Crippen MR) is 106 cm³/mol. The minimum Gasteiger partial charge on any atom is -0.462 e. The molecule has 0 spiro atoms. The number of aromatic nitrogens is 1. The van der Waals surface area contributed by atoms with E-state index >= 15 is 0 Å². The van der Waals surface area contributed by atoms with Gasteiger partial charge in [-0.25, -0.2) is 14.6 Å². The van der Waals surface area contributed by atoms with Crippen LogP contribution in [0, 0.1) is 0 Å². The van der Waals surface area contributed by atoms with Gasteiger partial charge in [0.2, 0.25) is 6.79 Å². The van der Waals surface area contributed by atoms with Crippen LogP contribution in [-0.2, 0) is 11.3 Å². The maximum atomic E-state index is 12.6. The van der Waals surface area contributed by atoms with E-state index in [2.05, 4.69) is 4.98 Å². The van der Waals surface area contributed by atoms with Crippen molar-refractivity contribution in [1.29, 1.82) is 0 Å². The van der Waals surface area contributed by atoms with Gasteiger partial charge in [0, 0.05) is 11.5 Å². The van der Waals surface area contributed by atoms with Crippen LogP contribution in [0.25, 0.3) is 10.9 Å². The number of carbonyl (C=O) groups is 2. The lowest BCUT2D eigenvalue weighted by atomic mass is 10.1. The Morgan fingerprint density at radius 1 is 1.14 bits per heavy atom. The summed E-state index contributed by atoms with van der Waals surface area (Å²) in [4.78, 5) is 30.7. The standard InChI is InChI=1S/C21H19N3O5/c1-2-27-20(25)15-8-14-9-17-18(29-12-28-17)10-16(14)23-19(15)24(21(22)26)11-13-6-4-3-5-7-13/h3-10H,2,11-12H2,1H3,(H2,22,26). The molecule has 0 bridgehead atoms. The lowest BCUT2D eigenvalue weighted by molar-refractivity contribution is 0.0527. The maximum absolute atomic E-state index is 12.6. The first-order valence-corrected chi connectivity index (χ1v) is 9.09. The number of benzene rings is 2. The van der Waals surface area contributed by atoms with E-state index in [1.807, 2.05) is 30.3 Å². The van der Waals surface area contributed by atoms with Crippen LogP contribution < -0.4 is 20.1 Å². The van der Waals surface area contributed by atoms with E-state index in [0.717, 1.165) is 5.56 Å². The minimum absolute atomic E-state index is 0.116. The van der Waals surface area contributed by atoms with Crippen molar-refractivity contribution >= 4 is 28.7 Å². The molecule has 0 atom stereocenters. The highest BCUT2D eigenvalue weighted by Crippen LogP contribution is 2.37. The Bertz CT molecular complexity index is 1080. The second kappa shape index (κ2) is 7.67. The van der Waals surface area contributed by atoms with Crippen molar-refractivity contribution in [3.8, 4) is 11.5 Å². The Hall–Kier alpha value is -3.81. The number of pyridine rings is 1. The zero-order valence-electron chi connectivity index (χ0n) is 15.8. The number of hydrogen-bond acceptors (Lipinski definition) is 6. The van der Waals surface area contributed by atoms with Crippen molar-refractivity contribution in [1.82, 2.24) is 4.98 Å². The van der Waals surface area contributed by atoms with Crippen molar-refractivity contribution in [2.45, 2.75) is 13.5 Å². The Balaban J connectivity index is 1.86. The quantitative estimate of drug-likeness (QED) is 0.668. The summed E-state index contributed by atoms with van der Waals surface area (Å²) >= 11 is 0. The zero-order chi connectivity index (χ0) is 20.4. The number of nitrogens with two attached hydrogens (primary N) is 1. The molecule has 4 rings (SSSR count). The van der Waals surface area contributed by atoms with E-state index in [1.165, 1.54) is 4.90 Å². The molecule has 0 aliphatic carbocycles. The summed E-state index contributed by atoms with van der Waals surface area (Å²) in [5.41, 5.74) is 7.17. The highest BCUT2D eigenvalue weighted by Gasteiger charge is 2.25. The predicted octanol–water partition coefficient (Wildman–Crippen LogP) is 3.23. The molecule has 148 valence electrons. The average molecular weight is 393 g/mol. The molecule has 0 radical (unpaired) electrons. The molecule has 0 saturated carbocycles. The van der Waals surface area contributed by atoms with Gasteiger partial charge in [-0.05, 0) is 24.6 Å². The Kier molecular flexibility index (Phi) is 4.90. The van der Waals surface area contributed by atoms with Crippen molar-refractivity contribution in [3.05, 3.63) is 59.7 Å². The molecular formula is C21H19N3O5.